The second kappa shape index (κ2) is 11.3. The third-order valence-corrected chi connectivity index (χ3v) is 7.21. The Morgan fingerprint density at radius 1 is 0.933 bits per heavy atom. The minimum atomic E-state index is -1.61. The van der Waals surface area contributed by atoms with E-state index in [0.717, 1.165) is 44.1 Å². The Morgan fingerprint density at radius 2 is 1.57 bits per heavy atom. The first-order valence-corrected chi connectivity index (χ1v) is 12.6. The first kappa shape index (κ1) is 23.3. The Labute approximate surface area is 183 Å². The summed E-state index contributed by atoms with van der Waals surface area (Å²) in [7, 11) is 0. The fourth-order valence-electron chi connectivity index (χ4n) is 5.20. The van der Waals surface area contributed by atoms with E-state index in [4.69, 9.17) is 9.73 Å². The van der Waals surface area contributed by atoms with E-state index in [0.29, 0.717) is 12.3 Å². The maximum atomic E-state index is 16.3. The maximum Gasteiger partial charge on any atom is 0.255 e. The Kier molecular flexibility index (Phi) is 8.77. The molecule has 1 aromatic rings. The molecular weight excluding hydrogens is 373 g/mol. The van der Waals surface area contributed by atoms with Crippen molar-refractivity contribution in [3.63, 3.8) is 0 Å². The van der Waals surface area contributed by atoms with Crippen LogP contribution in [0.25, 0.3) is 0 Å². The molecule has 168 valence electrons. The Bertz CT molecular complexity index is 652. The average molecular weight is 416 g/mol. The molecule has 3 rings (SSSR count). The molecular formula is C27H42FNO. The monoisotopic (exact) mass is 415 g/mol. The molecule has 30 heavy (non-hydrogen) atoms. The van der Waals surface area contributed by atoms with Crippen molar-refractivity contribution in [1.29, 1.82) is 0 Å². The predicted molar refractivity (Wildman–Crippen MR) is 125 cm³/mol. The topological polar surface area (TPSA) is 21.6 Å². The number of nitrogens with zero attached hydrogens (tertiary/aromatic N) is 1. The van der Waals surface area contributed by atoms with Gasteiger partial charge in [-0.2, -0.15) is 4.39 Å². The van der Waals surface area contributed by atoms with Crippen LogP contribution < -0.4 is 0 Å². The summed E-state index contributed by atoms with van der Waals surface area (Å²) < 4.78 is 22.4. The van der Waals surface area contributed by atoms with Crippen LogP contribution in [0.4, 0.5) is 4.39 Å². The Balaban J connectivity index is 1.59. The minimum Gasteiger partial charge on any atom is -0.440 e. The van der Waals surface area contributed by atoms with Crippen LogP contribution in [-0.2, 0) is 4.74 Å². The molecule has 1 aliphatic heterocycles. The van der Waals surface area contributed by atoms with Crippen LogP contribution >= 0.6 is 0 Å². The highest BCUT2D eigenvalue weighted by atomic mass is 19.2. The van der Waals surface area contributed by atoms with Gasteiger partial charge in [-0.15, -0.1) is 0 Å². The summed E-state index contributed by atoms with van der Waals surface area (Å²) in [6.07, 6.45) is 17.1. The van der Waals surface area contributed by atoms with Gasteiger partial charge in [0, 0.05) is 17.9 Å². The molecule has 1 aliphatic carbocycles. The van der Waals surface area contributed by atoms with E-state index in [1.54, 1.807) is 0 Å². The van der Waals surface area contributed by atoms with Gasteiger partial charge < -0.3 is 4.74 Å². The minimum absolute atomic E-state index is 0.106. The van der Waals surface area contributed by atoms with Gasteiger partial charge in [0.1, 0.15) is 0 Å². The second-order valence-corrected chi connectivity index (χ2v) is 9.80. The van der Waals surface area contributed by atoms with Crippen molar-refractivity contribution in [2.45, 2.75) is 122 Å². The third kappa shape index (κ3) is 6.31. The zero-order valence-corrected chi connectivity index (χ0v) is 19.3. The lowest BCUT2D eigenvalue weighted by atomic mass is 9.74. The van der Waals surface area contributed by atoms with Crippen LogP contribution in [-0.4, -0.2) is 17.3 Å². The first-order valence-electron chi connectivity index (χ1n) is 12.6. The summed E-state index contributed by atoms with van der Waals surface area (Å²) in [6.45, 7) is 4.30. The number of benzene rings is 1. The quantitative estimate of drug-likeness (QED) is 0.332. The van der Waals surface area contributed by atoms with Crippen molar-refractivity contribution in [3.8, 4) is 0 Å². The van der Waals surface area contributed by atoms with Crippen molar-refractivity contribution >= 4 is 5.90 Å². The molecule has 0 aromatic heterocycles. The molecule has 1 spiro atoms. The standard InChI is InChI=1S/C27H42FNO/c1-3-4-5-6-7-8-9-12-17-23(2)27(28)22-26(20-15-11-16-21-26)29-25(30-27)24-18-13-10-14-19-24/h10,13-14,18-19,23H,3-9,11-12,15-17,20-22H2,1-2H3. The van der Waals surface area contributed by atoms with Gasteiger partial charge >= 0.3 is 0 Å². The van der Waals surface area contributed by atoms with Gasteiger partial charge in [0.25, 0.3) is 5.85 Å². The molecule has 2 unspecified atom stereocenters. The van der Waals surface area contributed by atoms with E-state index >= 15 is 4.39 Å². The van der Waals surface area contributed by atoms with E-state index in [-0.39, 0.29) is 11.5 Å². The molecule has 0 radical (unpaired) electrons. The molecule has 0 saturated heterocycles. The van der Waals surface area contributed by atoms with E-state index in [2.05, 4.69) is 6.92 Å². The number of ether oxygens (including phenoxy) is 1. The molecule has 0 bridgehead atoms. The Hall–Kier alpha value is -1.38. The molecule has 1 fully saturated rings. The highest BCUT2D eigenvalue weighted by Crippen LogP contribution is 2.47. The van der Waals surface area contributed by atoms with Crippen LogP contribution in [0.3, 0.4) is 0 Å². The fraction of sp³-hybridized carbons (Fsp3) is 0.741. The summed E-state index contributed by atoms with van der Waals surface area (Å²) in [5.74, 6) is -1.19. The highest BCUT2D eigenvalue weighted by Gasteiger charge is 2.51. The summed E-state index contributed by atoms with van der Waals surface area (Å²) in [6, 6.07) is 9.92. The van der Waals surface area contributed by atoms with Crippen LogP contribution in [0.5, 0.6) is 0 Å². The number of halogens is 1. The number of hydrogen-bond acceptors (Lipinski definition) is 2. The number of aliphatic imine (C=N–C) groups is 1. The number of alkyl halides is 1. The zero-order valence-electron chi connectivity index (χ0n) is 19.3. The molecule has 1 saturated carbocycles. The van der Waals surface area contributed by atoms with Crippen molar-refractivity contribution in [3.05, 3.63) is 35.9 Å². The summed E-state index contributed by atoms with van der Waals surface area (Å²) in [4.78, 5) is 5.02. The lowest BCUT2D eigenvalue weighted by molar-refractivity contribution is -0.150. The van der Waals surface area contributed by atoms with Gasteiger partial charge in [0.2, 0.25) is 5.90 Å². The molecule has 0 amide bonds. The Morgan fingerprint density at radius 3 is 2.23 bits per heavy atom. The molecule has 2 nitrogen and oxygen atoms in total. The van der Waals surface area contributed by atoms with Crippen molar-refractivity contribution in [2.24, 2.45) is 10.9 Å². The smallest absolute Gasteiger partial charge is 0.255 e. The van der Waals surface area contributed by atoms with Gasteiger partial charge in [0.05, 0.1) is 5.54 Å². The summed E-state index contributed by atoms with van der Waals surface area (Å²) in [5, 5.41) is 0. The summed E-state index contributed by atoms with van der Waals surface area (Å²) in [5.41, 5.74) is 0.632. The van der Waals surface area contributed by atoms with Gasteiger partial charge in [0.15, 0.2) is 0 Å². The van der Waals surface area contributed by atoms with E-state index in [1.807, 2.05) is 37.3 Å². The average Bonchev–Trinajstić information content (AvgIpc) is 2.76. The van der Waals surface area contributed by atoms with Crippen molar-refractivity contribution < 1.29 is 9.13 Å². The highest BCUT2D eigenvalue weighted by molar-refractivity contribution is 5.95. The molecule has 1 heterocycles. The van der Waals surface area contributed by atoms with E-state index in [9.17, 15) is 0 Å². The largest absolute Gasteiger partial charge is 0.440 e. The van der Waals surface area contributed by atoms with Crippen molar-refractivity contribution in [1.82, 2.24) is 0 Å². The van der Waals surface area contributed by atoms with Gasteiger partial charge in [-0.1, -0.05) is 103 Å². The molecule has 2 aliphatic rings. The van der Waals surface area contributed by atoms with E-state index in [1.165, 1.54) is 51.4 Å². The number of hydrogen-bond donors (Lipinski definition) is 0. The van der Waals surface area contributed by atoms with Crippen LogP contribution in [0, 0.1) is 5.92 Å². The molecule has 3 heteroatoms. The normalized spacial score (nSPS) is 24.3. The van der Waals surface area contributed by atoms with E-state index < -0.39 is 5.85 Å². The lowest BCUT2D eigenvalue weighted by Gasteiger charge is -2.45. The van der Waals surface area contributed by atoms with Gasteiger partial charge in [-0.25, -0.2) is 4.99 Å². The van der Waals surface area contributed by atoms with Gasteiger partial charge in [-0.05, 0) is 31.4 Å². The predicted octanol–water partition coefficient (Wildman–Crippen LogP) is 8.39. The van der Waals surface area contributed by atoms with Gasteiger partial charge in [-0.3, -0.25) is 0 Å². The van der Waals surface area contributed by atoms with Crippen LogP contribution in [0.2, 0.25) is 0 Å². The van der Waals surface area contributed by atoms with Crippen LogP contribution in [0.1, 0.15) is 116 Å². The first-order chi connectivity index (χ1) is 14.6. The molecule has 1 aromatic carbocycles. The molecule has 2 atom stereocenters. The number of rotatable bonds is 11. The van der Waals surface area contributed by atoms with Crippen LogP contribution in [0.15, 0.2) is 35.3 Å². The number of unbranched alkanes of at least 4 members (excludes halogenated alkanes) is 7. The second-order valence-electron chi connectivity index (χ2n) is 9.80. The third-order valence-electron chi connectivity index (χ3n) is 7.21. The lowest BCUT2D eigenvalue weighted by Crippen LogP contribution is -2.50. The molecule has 0 N–H and O–H groups in total. The maximum absolute atomic E-state index is 16.3. The fourth-order valence-corrected chi connectivity index (χ4v) is 5.20. The summed E-state index contributed by atoms with van der Waals surface area (Å²) >= 11 is 0. The zero-order chi connectivity index (χ0) is 21.3. The SMILES string of the molecule is CCCCCCCCCCC(C)C1(F)CC2(CCCCC2)N=C(c2ccccc2)O1. The van der Waals surface area contributed by atoms with Crippen molar-refractivity contribution in [2.75, 3.05) is 0 Å².